The van der Waals surface area contributed by atoms with Crippen molar-refractivity contribution in [2.24, 2.45) is 0 Å². The van der Waals surface area contributed by atoms with Crippen LogP contribution in [-0.4, -0.2) is 9.38 Å². The standard InChI is InChI=1S/C13H13N3S/c1-8-5-6-16-9(2)12(10-4-3-7-17-10)15-13(16)11(8)14/h3-7H,14H2,1-2H3. The zero-order valence-corrected chi connectivity index (χ0v) is 10.6. The highest BCUT2D eigenvalue weighted by atomic mass is 32.1. The first kappa shape index (κ1) is 10.4. The molecule has 3 aromatic rings. The Hall–Kier alpha value is -1.81. The van der Waals surface area contributed by atoms with Crippen molar-refractivity contribution in [3.63, 3.8) is 0 Å². The van der Waals surface area contributed by atoms with Gasteiger partial charge in [0.05, 0.1) is 10.6 Å². The molecule has 0 saturated carbocycles. The topological polar surface area (TPSA) is 43.3 Å². The number of aromatic nitrogens is 2. The van der Waals surface area contributed by atoms with Crippen LogP contribution in [0, 0.1) is 13.8 Å². The second kappa shape index (κ2) is 3.60. The van der Waals surface area contributed by atoms with Gasteiger partial charge in [0, 0.05) is 11.9 Å². The molecule has 0 aliphatic heterocycles. The van der Waals surface area contributed by atoms with E-state index in [2.05, 4.69) is 27.8 Å². The Morgan fingerprint density at radius 3 is 2.82 bits per heavy atom. The van der Waals surface area contributed by atoms with E-state index in [0.717, 1.165) is 28.3 Å². The van der Waals surface area contributed by atoms with Gasteiger partial charge in [-0.3, -0.25) is 0 Å². The Labute approximate surface area is 104 Å². The number of nitrogens with zero attached hydrogens (tertiary/aromatic N) is 2. The van der Waals surface area contributed by atoms with Crippen molar-refractivity contribution in [2.45, 2.75) is 13.8 Å². The molecule has 17 heavy (non-hydrogen) atoms. The molecular weight excluding hydrogens is 230 g/mol. The Bertz CT molecular complexity index is 680. The highest BCUT2D eigenvalue weighted by Crippen LogP contribution is 2.30. The monoisotopic (exact) mass is 243 g/mol. The number of hydrogen-bond donors (Lipinski definition) is 1. The SMILES string of the molecule is Cc1ccn2c(C)c(-c3cccs3)nc2c1N. The second-order valence-electron chi connectivity index (χ2n) is 4.13. The minimum Gasteiger partial charge on any atom is -0.395 e. The predicted molar refractivity (Wildman–Crippen MR) is 72.4 cm³/mol. The van der Waals surface area contributed by atoms with Gasteiger partial charge >= 0.3 is 0 Å². The third-order valence-corrected chi connectivity index (χ3v) is 3.92. The normalized spacial score (nSPS) is 11.2. The molecule has 2 N–H and O–H groups in total. The Morgan fingerprint density at radius 2 is 2.12 bits per heavy atom. The average molecular weight is 243 g/mol. The van der Waals surface area contributed by atoms with Gasteiger partial charge in [0.15, 0.2) is 5.65 Å². The molecule has 3 nitrogen and oxygen atoms in total. The Morgan fingerprint density at radius 1 is 1.29 bits per heavy atom. The third kappa shape index (κ3) is 1.45. The van der Waals surface area contributed by atoms with E-state index in [9.17, 15) is 0 Å². The minimum absolute atomic E-state index is 0.762. The molecule has 0 amide bonds. The number of hydrogen-bond acceptors (Lipinski definition) is 3. The van der Waals surface area contributed by atoms with Gasteiger partial charge in [-0.2, -0.15) is 0 Å². The molecule has 0 aliphatic rings. The molecule has 3 heterocycles. The van der Waals surface area contributed by atoms with Crippen LogP contribution in [0.5, 0.6) is 0 Å². The molecular formula is C13H13N3S. The second-order valence-corrected chi connectivity index (χ2v) is 5.08. The van der Waals surface area contributed by atoms with E-state index in [1.165, 1.54) is 4.88 Å². The average Bonchev–Trinajstić information content (AvgIpc) is 2.92. The van der Waals surface area contributed by atoms with Gasteiger partial charge in [-0.15, -0.1) is 11.3 Å². The third-order valence-electron chi connectivity index (χ3n) is 3.04. The van der Waals surface area contributed by atoms with Gasteiger partial charge in [0.2, 0.25) is 0 Å². The first-order chi connectivity index (χ1) is 8.18. The molecule has 0 atom stereocenters. The van der Waals surface area contributed by atoms with Gasteiger partial charge in [-0.05, 0) is 36.9 Å². The summed E-state index contributed by atoms with van der Waals surface area (Å²) in [5, 5.41) is 2.06. The molecule has 0 bridgehead atoms. The summed E-state index contributed by atoms with van der Waals surface area (Å²) in [6.07, 6.45) is 2.03. The fourth-order valence-corrected chi connectivity index (χ4v) is 2.75. The van der Waals surface area contributed by atoms with Crippen LogP contribution in [0.4, 0.5) is 5.69 Å². The molecule has 0 radical (unpaired) electrons. The number of rotatable bonds is 1. The molecule has 3 aromatic heterocycles. The lowest BCUT2D eigenvalue weighted by molar-refractivity contribution is 1.11. The van der Waals surface area contributed by atoms with Crippen molar-refractivity contribution < 1.29 is 0 Å². The first-order valence-corrected chi connectivity index (χ1v) is 6.34. The van der Waals surface area contributed by atoms with Crippen LogP contribution < -0.4 is 5.73 Å². The van der Waals surface area contributed by atoms with E-state index in [4.69, 9.17) is 5.73 Å². The molecule has 0 unspecified atom stereocenters. The number of imidazole rings is 1. The van der Waals surface area contributed by atoms with Crippen molar-refractivity contribution in [1.29, 1.82) is 0 Å². The van der Waals surface area contributed by atoms with Crippen LogP contribution in [0.25, 0.3) is 16.2 Å². The van der Waals surface area contributed by atoms with Gasteiger partial charge in [0.1, 0.15) is 5.69 Å². The zero-order valence-electron chi connectivity index (χ0n) is 9.77. The number of pyridine rings is 1. The lowest BCUT2D eigenvalue weighted by Gasteiger charge is -2.02. The Balaban J connectivity index is 2.36. The van der Waals surface area contributed by atoms with E-state index < -0.39 is 0 Å². The molecule has 0 saturated heterocycles. The number of nitrogen functional groups attached to an aromatic ring is 1. The summed E-state index contributed by atoms with van der Waals surface area (Å²) in [5.74, 6) is 0. The van der Waals surface area contributed by atoms with Crippen molar-refractivity contribution in [3.8, 4) is 10.6 Å². The van der Waals surface area contributed by atoms with Crippen molar-refractivity contribution >= 4 is 22.7 Å². The number of thiophene rings is 1. The first-order valence-electron chi connectivity index (χ1n) is 5.46. The van der Waals surface area contributed by atoms with Gasteiger partial charge in [-0.25, -0.2) is 4.98 Å². The summed E-state index contributed by atoms with van der Waals surface area (Å²) in [4.78, 5) is 5.85. The fourth-order valence-electron chi connectivity index (χ4n) is 1.99. The van der Waals surface area contributed by atoms with Crippen LogP contribution >= 0.6 is 11.3 Å². The summed E-state index contributed by atoms with van der Waals surface area (Å²) in [6.45, 7) is 4.08. The molecule has 86 valence electrons. The van der Waals surface area contributed by atoms with E-state index in [1.807, 2.05) is 25.3 Å². The zero-order chi connectivity index (χ0) is 12.0. The fraction of sp³-hybridized carbons (Fsp3) is 0.154. The molecule has 0 fully saturated rings. The smallest absolute Gasteiger partial charge is 0.161 e. The van der Waals surface area contributed by atoms with Gasteiger partial charge in [0.25, 0.3) is 0 Å². The highest BCUT2D eigenvalue weighted by Gasteiger charge is 2.13. The van der Waals surface area contributed by atoms with Crippen LogP contribution in [0.3, 0.4) is 0 Å². The van der Waals surface area contributed by atoms with E-state index in [1.54, 1.807) is 11.3 Å². The molecule has 4 heteroatoms. The van der Waals surface area contributed by atoms with Gasteiger partial charge in [-0.1, -0.05) is 6.07 Å². The lowest BCUT2D eigenvalue weighted by atomic mass is 10.2. The summed E-state index contributed by atoms with van der Waals surface area (Å²) >= 11 is 1.70. The quantitative estimate of drug-likeness (QED) is 0.713. The number of anilines is 1. The van der Waals surface area contributed by atoms with E-state index in [-0.39, 0.29) is 0 Å². The summed E-state index contributed by atoms with van der Waals surface area (Å²) in [6, 6.07) is 6.15. The molecule has 3 rings (SSSR count). The van der Waals surface area contributed by atoms with Crippen LogP contribution in [0.1, 0.15) is 11.3 Å². The maximum Gasteiger partial charge on any atom is 0.161 e. The largest absolute Gasteiger partial charge is 0.395 e. The molecule has 0 aliphatic carbocycles. The summed E-state index contributed by atoms with van der Waals surface area (Å²) in [5.41, 5.74) is 10.9. The maximum absolute atomic E-state index is 6.07. The number of fused-ring (bicyclic) bond motifs is 1. The molecule has 0 aromatic carbocycles. The predicted octanol–water partition coefficient (Wildman–Crippen LogP) is 3.26. The molecule has 0 spiro atoms. The highest BCUT2D eigenvalue weighted by molar-refractivity contribution is 7.13. The maximum atomic E-state index is 6.07. The van der Waals surface area contributed by atoms with Crippen molar-refractivity contribution in [1.82, 2.24) is 9.38 Å². The van der Waals surface area contributed by atoms with Gasteiger partial charge < -0.3 is 10.1 Å². The van der Waals surface area contributed by atoms with Crippen LogP contribution in [-0.2, 0) is 0 Å². The minimum atomic E-state index is 0.762. The Kier molecular flexibility index (Phi) is 2.19. The van der Waals surface area contributed by atoms with Crippen LogP contribution in [0.15, 0.2) is 29.8 Å². The van der Waals surface area contributed by atoms with Crippen LogP contribution in [0.2, 0.25) is 0 Å². The van der Waals surface area contributed by atoms with Crippen molar-refractivity contribution in [2.75, 3.05) is 5.73 Å². The summed E-state index contributed by atoms with van der Waals surface area (Å²) in [7, 11) is 0. The van der Waals surface area contributed by atoms with E-state index in [0.29, 0.717) is 0 Å². The number of aryl methyl sites for hydroxylation is 2. The summed E-state index contributed by atoms with van der Waals surface area (Å²) < 4.78 is 2.05. The number of nitrogens with two attached hydrogens (primary N) is 1. The van der Waals surface area contributed by atoms with E-state index >= 15 is 0 Å². The van der Waals surface area contributed by atoms with Crippen molar-refractivity contribution in [3.05, 3.63) is 41.0 Å². The lowest BCUT2D eigenvalue weighted by Crippen LogP contribution is -1.96.